The summed E-state index contributed by atoms with van der Waals surface area (Å²) in [4.78, 5) is 19.2. The van der Waals surface area contributed by atoms with Crippen LogP contribution in [0.5, 0.6) is 0 Å². The van der Waals surface area contributed by atoms with Crippen molar-refractivity contribution in [3.05, 3.63) is 63.8 Å². The monoisotopic (exact) mass is 354 g/mol. The van der Waals surface area contributed by atoms with Gasteiger partial charge >= 0.3 is 0 Å². The van der Waals surface area contributed by atoms with Crippen molar-refractivity contribution in [3.63, 3.8) is 0 Å². The van der Waals surface area contributed by atoms with Gasteiger partial charge in [-0.3, -0.25) is 4.79 Å². The van der Waals surface area contributed by atoms with Crippen molar-refractivity contribution >= 4 is 28.6 Å². The second-order valence-electron chi connectivity index (χ2n) is 6.03. The van der Waals surface area contributed by atoms with Crippen LogP contribution in [0.1, 0.15) is 34.8 Å². The smallest absolute Gasteiger partial charge is 0.273 e. The van der Waals surface area contributed by atoms with Crippen LogP contribution in [0.2, 0.25) is 0 Å². The average molecular weight is 355 g/mol. The van der Waals surface area contributed by atoms with Crippen LogP contribution in [0, 0.1) is 0 Å². The van der Waals surface area contributed by atoms with Gasteiger partial charge < -0.3 is 4.90 Å². The Bertz CT molecular complexity index is 803. The zero-order chi connectivity index (χ0) is 16.4. The lowest BCUT2D eigenvalue weighted by Crippen LogP contribution is -2.38. The van der Waals surface area contributed by atoms with E-state index in [0.717, 1.165) is 36.5 Å². The average Bonchev–Trinajstić information content (AvgIpc) is 3.33. The van der Waals surface area contributed by atoms with Gasteiger partial charge in [-0.2, -0.15) is 11.3 Å². The van der Waals surface area contributed by atoms with Crippen LogP contribution < -0.4 is 0 Å². The highest BCUT2D eigenvalue weighted by Gasteiger charge is 2.25. The van der Waals surface area contributed by atoms with E-state index >= 15 is 0 Å². The first-order valence-electron chi connectivity index (χ1n) is 8.13. The van der Waals surface area contributed by atoms with Crippen molar-refractivity contribution < 1.29 is 4.79 Å². The lowest BCUT2D eigenvalue weighted by molar-refractivity contribution is 0.0708. The Kier molecular flexibility index (Phi) is 4.45. The molecule has 0 bridgehead atoms. The van der Waals surface area contributed by atoms with Crippen molar-refractivity contribution in [3.8, 4) is 10.6 Å². The predicted octanol–water partition coefficient (Wildman–Crippen LogP) is 4.89. The van der Waals surface area contributed by atoms with Crippen molar-refractivity contribution in [2.24, 2.45) is 0 Å². The summed E-state index contributed by atoms with van der Waals surface area (Å²) in [6, 6.07) is 12.7. The van der Waals surface area contributed by atoms with E-state index < -0.39 is 0 Å². The van der Waals surface area contributed by atoms with E-state index in [4.69, 9.17) is 0 Å². The van der Waals surface area contributed by atoms with Gasteiger partial charge in [0.1, 0.15) is 10.7 Å². The third kappa shape index (κ3) is 3.14. The quantitative estimate of drug-likeness (QED) is 0.671. The molecule has 3 heterocycles. The minimum Gasteiger partial charge on any atom is -0.337 e. The van der Waals surface area contributed by atoms with E-state index in [1.165, 1.54) is 5.56 Å². The molecule has 1 aliphatic rings. The highest BCUT2D eigenvalue weighted by atomic mass is 32.1. The zero-order valence-corrected chi connectivity index (χ0v) is 14.9. The Morgan fingerprint density at radius 1 is 1.08 bits per heavy atom. The lowest BCUT2D eigenvalue weighted by Gasteiger charge is -2.31. The number of hydrogen-bond donors (Lipinski definition) is 0. The highest BCUT2D eigenvalue weighted by molar-refractivity contribution is 7.14. The van der Waals surface area contributed by atoms with Gasteiger partial charge in [0.15, 0.2) is 0 Å². The number of rotatable bonds is 3. The van der Waals surface area contributed by atoms with Crippen molar-refractivity contribution in [2.75, 3.05) is 13.1 Å². The molecular weight excluding hydrogens is 336 g/mol. The molecule has 0 N–H and O–H groups in total. The maximum Gasteiger partial charge on any atom is 0.273 e. The fourth-order valence-electron chi connectivity index (χ4n) is 3.19. The van der Waals surface area contributed by atoms with Gasteiger partial charge in [0.2, 0.25) is 0 Å². The van der Waals surface area contributed by atoms with Gasteiger partial charge in [-0.05, 0) is 35.8 Å². The molecule has 0 atom stereocenters. The number of carbonyl (C=O) groups is 1. The van der Waals surface area contributed by atoms with E-state index in [1.807, 2.05) is 21.7 Å². The molecule has 24 heavy (non-hydrogen) atoms. The number of nitrogens with zero attached hydrogens (tertiary/aromatic N) is 2. The van der Waals surface area contributed by atoms with Gasteiger partial charge in [-0.1, -0.05) is 30.3 Å². The number of piperidine rings is 1. The number of likely N-dealkylation sites (tertiary alicyclic amines) is 1. The highest BCUT2D eigenvalue weighted by Crippen LogP contribution is 2.30. The summed E-state index contributed by atoms with van der Waals surface area (Å²) < 4.78 is 0. The standard InChI is InChI=1S/C19H18N2OS2/c22-19(17-13-24-18(20-17)16-8-11-23-12-16)21-9-6-15(7-10-21)14-4-2-1-3-5-14/h1-5,8,11-13,15H,6-7,9-10H2. The fraction of sp³-hybridized carbons (Fsp3) is 0.263. The van der Waals surface area contributed by atoms with E-state index in [0.29, 0.717) is 11.6 Å². The fourth-order valence-corrected chi connectivity index (χ4v) is 4.70. The van der Waals surface area contributed by atoms with Crippen molar-refractivity contribution in [1.82, 2.24) is 9.88 Å². The summed E-state index contributed by atoms with van der Waals surface area (Å²) in [5.74, 6) is 0.631. The summed E-state index contributed by atoms with van der Waals surface area (Å²) >= 11 is 3.19. The summed E-state index contributed by atoms with van der Waals surface area (Å²) in [7, 11) is 0. The van der Waals surface area contributed by atoms with Gasteiger partial charge in [-0.25, -0.2) is 4.98 Å². The van der Waals surface area contributed by atoms with Gasteiger partial charge in [0.25, 0.3) is 5.91 Å². The maximum atomic E-state index is 12.7. The molecule has 0 unspecified atom stereocenters. The molecule has 0 saturated carbocycles. The molecule has 1 amide bonds. The largest absolute Gasteiger partial charge is 0.337 e. The van der Waals surface area contributed by atoms with Crippen LogP contribution in [0.3, 0.4) is 0 Å². The first-order valence-corrected chi connectivity index (χ1v) is 9.96. The molecule has 2 aromatic heterocycles. The normalized spacial score (nSPS) is 15.6. The predicted molar refractivity (Wildman–Crippen MR) is 99.7 cm³/mol. The van der Waals surface area contributed by atoms with E-state index in [-0.39, 0.29) is 5.91 Å². The Morgan fingerprint density at radius 3 is 2.58 bits per heavy atom. The summed E-state index contributed by atoms with van der Waals surface area (Å²) in [5, 5.41) is 6.92. The van der Waals surface area contributed by atoms with Crippen LogP contribution in [0.4, 0.5) is 0 Å². The van der Waals surface area contributed by atoms with E-state index in [9.17, 15) is 4.79 Å². The van der Waals surface area contributed by atoms with Crippen LogP contribution in [-0.4, -0.2) is 28.9 Å². The molecule has 122 valence electrons. The molecule has 0 radical (unpaired) electrons. The number of aromatic nitrogens is 1. The molecule has 4 rings (SSSR count). The molecule has 1 aliphatic heterocycles. The molecule has 1 saturated heterocycles. The molecule has 3 nitrogen and oxygen atoms in total. The van der Waals surface area contributed by atoms with Gasteiger partial charge in [0.05, 0.1) is 0 Å². The van der Waals surface area contributed by atoms with Crippen LogP contribution in [0.25, 0.3) is 10.6 Å². The maximum absolute atomic E-state index is 12.7. The number of thiophene rings is 1. The summed E-state index contributed by atoms with van der Waals surface area (Å²) in [6.07, 6.45) is 2.05. The number of amides is 1. The van der Waals surface area contributed by atoms with Crippen LogP contribution in [-0.2, 0) is 0 Å². The minimum atomic E-state index is 0.0687. The Balaban J connectivity index is 1.41. The number of hydrogen-bond acceptors (Lipinski definition) is 4. The van der Waals surface area contributed by atoms with E-state index in [1.54, 1.807) is 22.7 Å². The van der Waals surface area contributed by atoms with E-state index in [2.05, 4.69) is 40.7 Å². The Labute approximate surface area is 149 Å². The first-order chi connectivity index (χ1) is 11.8. The topological polar surface area (TPSA) is 33.2 Å². The van der Waals surface area contributed by atoms with Crippen molar-refractivity contribution in [1.29, 1.82) is 0 Å². The van der Waals surface area contributed by atoms with Crippen molar-refractivity contribution in [2.45, 2.75) is 18.8 Å². The first kappa shape index (κ1) is 15.5. The Hall–Kier alpha value is -1.98. The van der Waals surface area contributed by atoms with Gasteiger partial charge in [0, 0.05) is 29.4 Å². The third-order valence-electron chi connectivity index (χ3n) is 4.54. The number of benzene rings is 1. The van der Waals surface area contributed by atoms with Gasteiger partial charge in [-0.15, -0.1) is 11.3 Å². The van der Waals surface area contributed by atoms with Crippen LogP contribution >= 0.6 is 22.7 Å². The van der Waals surface area contributed by atoms with Crippen LogP contribution in [0.15, 0.2) is 52.5 Å². The second-order valence-corrected chi connectivity index (χ2v) is 7.67. The second kappa shape index (κ2) is 6.87. The number of thiazole rings is 1. The lowest BCUT2D eigenvalue weighted by atomic mass is 9.89. The zero-order valence-electron chi connectivity index (χ0n) is 13.2. The molecule has 0 spiro atoms. The SMILES string of the molecule is O=C(c1csc(-c2ccsc2)n1)N1CCC(c2ccccc2)CC1. The molecule has 1 aromatic carbocycles. The minimum absolute atomic E-state index is 0.0687. The molecule has 0 aliphatic carbocycles. The number of carbonyl (C=O) groups excluding carboxylic acids is 1. The third-order valence-corrected chi connectivity index (χ3v) is 6.12. The molecule has 1 fully saturated rings. The molecule has 3 aromatic rings. The summed E-state index contributed by atoms with van der Waals surface area (Å²) in [5.41, 5.74) is 3.07. The Morgan fingerprint density at radius 2 is 1.88 bits per heavy atom. The molecule has 5 heteroatoms. The summed E-state index contributed by atoms with van der Waals surface area (Å²) in [6.45, 7) is 1.62. The molecular formula is C19H18N2OS2.